The Labute approximate surface area is 87.7 Å². The van der Waals surface area contributed by atoms with Crippen LogP contribution in [0.5, 0.6) is 0 Å². The van der Waals surface area contributed by atoms with E-state index in [1.165, 1.54) is 5.56 Å². The van der Waals surface area contributed by atoms with Gasteiger partial charge in [-0.1, -0.05) is 30.3 Å². The van der Waals surface area contributed by atoms with Crippen molar-refractivity contribution in [3.63, 3.8) is 0 Å². The highest BCUT2D eigenvalue weighted by Crippen LogP contribution is 2.14. The van der Waals surface area contributed by atoms with Gasteiger partial charge in [0, 0.05) is 11.5 Å². The van der Waals surface area contributed by atoms with E-state index < -0.39 is 0 Å². The molecule has 1 nitrogen and oxygen atoms in total. The summed E-state index contributed by atoms with van der Waals surface area (Å²) in [5.41, 5.74) is 1.27. The fraction of sp³-hybridized carbons (Fsp3) is 0.300. The fourth-order valence-electron chi connectivity index (χ4n) is 0.892. The van der Waals surface area contributed by atoms with Gasteiger partial charge in [0.15, 0.2) is 0 Å². The number of alkyl halides is 1. The molecule has 1 unspecified atom stereocenters. The molecule has 0 aliphatic rings. The molecule has 0 fully saturated rings. The molecule has 1 aromatic rings. The first-order valence-corrected chi connectivity index (χ1v) is 5.57. The highest BCUT2D eigenvalue weighted by molar-refractivity contribution is 7.98. The SMILES string of the molecule is N#CC(Cl)CSCc1ccccc1. The Kier molecular flexibility index (Phi) is 4.74. The van der Waals surface area contributed by atoms with E-state index in [1.807, 2.05) is 24.3 Å². The highest BCUT2D eigenvalue weighted by atomic mass is 35.5. The van der Waals surface area contributed by atoms with E-state index >= 15 is 0 Å². The Morgan fingerprint density at radius 3 is 2.69 bits per heavy atom. The van der Waals surface area contributed by atoms with Crippen molar-refractivity contribution in [2.24, 2.45) is 0 Å². The summed E-state index contributed by atoms with van der Waals surface area (Å²) in [6, 6.07) is 12.2. The van der Waals surface area contributed by atoms with Crippen LogP contribution in [0.15, 0.2) is 30.3 Å². The van der Waals surface area contributed by atoms with Gasteiger partial charge in [-0.15, -0.1) is 11.6 Å². The summed E-state index contributed by atoms with van der Waals surface area (Å²) in [7, 11) is 0. The Morgan fingerprint density at radius 2 is 2.08 bits per heavy atom. The molecule has 0 saturated heterocycles. The van der Waals surface area contributed by atoms with Gasteiger partial charge in [-0.25, -0.2) is 0 Å². The van der Waals surface area contributed by atoms with Gasteiger partial charge in [0.25, 0.3) is 0 Å². The van der Waals surface area contributed by atoms with Crippen LogP contribution in [0, 0.1) is 11.3 Å². The van der Waals surface area contributed by atoms with E-state index in [9.17, 15) is 0 Å². The van der Waals surface area contributed by atoms with Gasteiger partial charge < -0.3 is 0 Å². The van der Waals surface area contributed by atoms with Crippen LogP contribution in [0.2, 0.25) is 0 Å². The molecule has 13 heavy (non-hydrogen) atoms. The van der Waals surface area contributed by atoms with Crippen molar-refractivity contribution >= 4 is 23.4 Å². The maximum Gasteiger partial charge on any atom is 0.129 e. The van der Waals surface area contributed by atoms with Gasteiger partial charge >= 0.3 is 0 Å². The van der Waals surface area contributed by atoms with Crippen LogP contribution >= 0.6 is 23.4 Å². The average Bonchev–Trinajstić information content (AvgIpc) is 2.19. The van der Waals surface area contributed by atoms with Gasteiger partial charge in [0.05, 0.1) is 6.07 Å². The van der Waals surface area contributed by atoms with Crippen molar-refractivity contribution in [3.8, 4) is 6.07 Å². The molecule has 0 radical (unpaired) electrons. The minimum absolute atomic E-state index is 0.367. The first-order chi connectivity index (χ1) is 6.33. The number of rotatable bonds is 4. The van der Waals surface area contributed by atoms with Gasteiger partial charge in [-0.2, -0.15) is 17.0 Å². The Bertz CT molecular complexity index is 281. The fourth-order valence-corrected chi connectivity index (χ4v) is 1.99. The Balaban J connectivity index is 2.25. The zero-order chi connectivity index (χ0) is 9.52. The minimum atomic E-state index is -0.367. The van der Waals surface area contributed by atoms with Crippen molar-refractivity contribution in [1.29, 1.82) is 5.26 Å². The van der Waals surface area contributed by atoms with Crippen molar-refractivity contribution in [3.05, 3.63) is 35.9 Å². The van der Waals surface area contributed by atoms with E-state index in [4.69, 9.17) is 16.9 Å². The number of nitrogens with zero attached hydrogens (tertiary/aromatic N) is 1. The second kappa shape index (κ2) is 5.90. The summed E-state index contributed by atoms with van der Waals surface area (Å²) in [5, 5.41) is 8.07. The first kappa shape index (κ1) is 10.4. The van der Waals surface area contributed by atoms with Crippen LogP contribution < -0.4 is 0 Å². The lowest BCUT2D eigenvalue weighted by molar-refractivity contribution is 1.24. The highest BCUT2D eigenvalue weighted by Gasteiger charge is 2.01. The smallest absolute Gasteiger partial charge is 0.129 e. The van der Waals surface area contributed by atoms with Gasteiger partial charge in [0.1, 0.15) is 5.38 Å². The van der Waals surface area contributed by atoms with Gasteiger partial charge in [-0.05, 0) is 5.56 Å². The average molecular weight is 212 g/mol. The standard InChI is InChI=1S/C10H10ClNS/c11-10(6-12)8-13-7-9-4-2-1-3-5-9/h1-5,10H,7-8H2. The zero-order valence-electron chi connectivity index (χ0n) is 7.11. The molecular formula is C10H10ClNS. The van der Waals surface area contributed by atoms with E-state index in [0.29, 0.717) is 5.75 Å². The molecule has 0 amide bonds. The molecule has 1 rings (SSSR count). The summed E-state index contributed by atoms with van der Waals surface area (Å²) >= 11 is 7.33. The van der Waals surface area contributed by atoms with Gasteiger partial charge in [-0.3, -0.25) is 0 Å². The van der Waals surface area contributed by atoms with E-state index in [-0.39, 0.29) is 5.38 Å². The van der Waals surface area contributed by atoms with Crippen LogP contribution in [0.3, 0.4) is 0 Å². The molecule has 0 aliphatic carbocycles. The summed E-state index contributed by atoms with van der Waals surface area (Å²) < 4.78 is 0. The van der Waals surface area contributed by atoms with Crippen molar-refractivity contribution in [1.82, 2.24) is 0 Å². The third-order valence-corrected chi connectivity index (χ3v) is 3.06. The second-order valence-corrected chi connectivity index (χ2v) is 4.15. The molecule has 1 atom stereocenters. The molecule has 0 spiro atoms. The van der Waals surface area contributed by atoms with Crippen molar-refractivity contribution in [2.75, 3.05) is 5.75 Å². The molecule has 0 N–H and O–H groups in total. The molecule has 1 aromatic carbocycles. The number of halogens is 1. The topological polar surface area (TPSA) is 23.8 Å². The van der Waals surface area contributed by atoms with Crippen LogP contribution in [0.1, 0.15) is 5.56 Å². The molecule has 0 saturated carbocycles. The Morgan fingerprint density at radius 1 is 1.38 bits per heavy atom. The van der Waals surface area contributed by atoms with Crippen LogP contribution in [0.25, 0.3) is 0 Å². The van der Waals surface area contributed by atoms with Crippen molar-refractivity contribution < 1.29 is 0 Å². The number of thioether (sulfide) groups is 1. The molecule has 0 aliphatic heterocycles. The van der Waals surface area contributed by atoms with Crippen molar-refractivity contribution in [2.45, 2.75) is 11.1 Å². The predicted molar refractivity (Wildman–Crippen MR) is 57.9 cm³/mol. The Hall–Kier alpha value is -0.650. The lowest BCUT2D eigenvalue weighted by atomic mass is 10.2. The third-order valence-electron chi connectivity index (χ3n) is 1.52. The van der Waals surface area contributed by atoms with Crippen LogP contribution in [0.4, 0.5) is 0 Å². The second-order valence-electron chi connectivity index (χ2n) is 2.60. The van der Waals surface area contributed by atoms with Gasteiger partial charge in [0.2, 0.25) is 0 Å². The summed E-state index contributed by atoms with van der Waals surface area (Å²) in [6.45, 7) is 0. The molecule has 0 heterocycles. The minimum Gasteiger partial charge on any atom is -0.197 e. The summed E-state index contributed by atoms with van der Waals surface area (Å²) in [6.07, 6.45) is 0. The number of hydrogen-bond acceptors (Lipinski definition) is 2. The predicted octanol–water partition coefficient (Wildman–Crippen LogP) is 3.05. The molecule has 0 aromatic heterocycles. The summed E-state index contributed by atoms with van der Waals surface area (Å²) in [4.78, 5) is 0. The molecule has 3 heteroatoms. The van der Waals surface area contributed by atoms with E-state index in [2.05, 4.69) is 12.1 Å². The largest absolute Gasteiger partial charge is 0.197 e. The van der Waals surface area contributed by atoms with Crippen LogP contribution in [-0.2, 0) is 5.75 Å². The molecule has 0 bridgehead atoms. The maximum absolute atomic E-state index is 8.44. The van der Waals surface area contributed by atoms with E-state index in [1.54, 1.807) is 11.8 Å². The quantitative estimate of drug-likeness (QED) is 0.715. The zero-order valence-corrected chi connectivity index (χ0v) is 8.68. The maximum atomic E-state index is 8.44. The normalized spacial score (nSPS) is 12.0. The number of nitriles is 1. The first-order valence-electron chi connectivity index (χ1n) is 3.98. The molecule has 68 valence electrons. The monoisotopic (exact) mass is 211 g/mol. The lowest BCUT2D eigenvalue weighted by Crippen LogP contribution is -1.97. The number of hydrogen-bond donors (Lipinski definition) is 0. The molecular weight excluding hydrogens is 202 g/mol. The lowest BCUT2D eigenvalue weighted by Gasteiger charge is -2.01. The third kappa shape index (κ3) is 4.21. The van der Waals surface area contributed by atoms with E-state index in [0.717, 1.165) is 5.75 Å². The number of benzene rings is 1. The van der Waals surface area contributed by atoms with Crippen LogP contribution in [-0.4, -0.2) is 11.1 Å². The summed E-state index contributed by atoms with van der Waals surface area (Å²) in [5.74, 6) is 1.61.